The van der Waals surface area contributed by atoms with Crippen LogP contribution in [0.25, 0.3) is 22.0 Å². The molecule has 2 fully saturated rings. The van der Waals surface area contributed by atoms with E-state index in [1.54, 1.807) is 40.2 Å². The first kappa shape index (κ1) is 26.2. The van der Waals surface area contributed by atoms with Crippen LogP contribution in [0.15, 0.2) is 53.4 Å². The molecule has 0 unspecified atom stereocenters. The first-order valence-corrected chi connectivity index (χ1v) is 14.1. The lowest BCUT2D eigenvalue weighted by molar-refractivity contribution is -0.138. The molecular weight excluding hydrogens is 574 g/mol. The number of rotatable bonds is 6. The number of aromatic nitrogens is 5. The number of amides is 2. The minimum absolute atomic E-state index is 0.0743. The zero-order chi connectivity index (χ0) is 28.0. The number of ketones is 1. The Morgan fingerprint density at radius 1 is 1.07 bits per heavy atom. The van der Waals surface area contributed by atoms with Gasteiger partial charge in [0.2, 0.25) is 11.8 Å². The van der Waals surface area contributed by atoms with Crippen molar-refractivity contribution in [2.24, 2.45) is 11.8 Å². The Kier molecular flexibility index (Phi) is 6.91. The molecule has 0 radical (unpaired) electrons. The maximum atomic E-state index is 13.8. The van der Waals surface area contributed by atoms with E-state index in [2.05, 4.69) is 41.3 Å². The Balaban J connectivity index is 1.29. The van der Waals surface area contributed by atoms with Gasteiger partial charge in [0.15, 0.2) is 5.78 Å². The summed E-state index contributed by atoms with van der Waals surface area (Å²) in [6.07, 6.45) is 6.44. The molecule has 1 N–H and O–H groups in total. The average Bonchev–Trinajstić information content (AvgIpc) is 3.62. The molecule has 40 heavy (non-hydrogen) atoms. The summed E-state index contributed by atoms with van der Waals surface area (Å²) in [6.45, 7) is 3.74. The van der Waals surface area contributed by atoms with Crippen LogP contribution in [-0.4, -0.2) is 59.8 Å². The number of anilines is 1. The van der Waals surface area contributed by atoms with Crippen molar-refractivity contribution in [3.8, 4) is 11.1 Å². The number of carbonyl (C=O) groups is 3. The van der Waals surface area contributed by atoms with Gasteiger partial charge in [0.05, 0.1) is 5.52 Å². The standard InChI is InChI=1S/C29H28BrN7O3/c1-16(38)27-22-11-18(20-12-31-17(2)32-13-20)9-10-23(22)37(35-27)15-26(39)36-14-19-5-3-6-21(19)28(36)29(40)34-25-8-4-7-24(30)33-25/h4,7-13,19,21,28H,3,5-6,14-15H2,1-2H3,(H,33,34,40)/t19-,21-,28+/m1/s1. The highest BCUT2D eigenvalue weighted by Gasteiger charge is 2.49. The number of aryl methyl sites for hydroxylation is 1. The number of pyridine rings is 1. The highest BCUT2D eigenvalue weighted by atomic mass is 79.9. The second kappa shape index (κ2) is 10.5. The Hall–Kier alpha value is -3.99. The molecule has 3 aromatic heterocycles. The molecule has 0 bridgehead atoms. The third-order valence-electron chi connectivity index (χ3n) is 7.93. The summed E-state index contributed by atoms with van der Waals surface area (Å²) in [7, 11) is 0. The number of nitrogens with zero attached hydrogens (tertiary/aromatic N) is 6. The minimum Gasteiger partial charge on any atom is -0.328 e. The fourth-order valence-corrected chi connectivity index (χ4v) is 6.42. The van der Waals surface area contributed by atoms with Crippen molar-refractivity contribution < 1.29 is 14.4 Å². The summed E-state index contributed by atoms with van der Waals surface area (Å²) >= 11 is 3.34. The topological polar surface area (TPSA) is 123 Å². The number of fused-ring (bicyclic) bond motifs is 2. The molecule has 0 spiro atoms. The lowest BCUT2D eigenvalue weighted by atomic mass is 9.93. The smallest absolute Gasteiger partial charge is 0.248 e. The summed E-state index contributed by atoms with van der Waals surface area (Å²) in [5.41, 5.74) is 2.65. The molecule has 1 aromatic carbocycles. The molecule has 3 atom stereocenters. The lowest BCUT2D eigenvalue weighted by Gasteiger charge is -2.27. The van der Waals surface area contributed by atoms with E-state index in [0.29, 0.717) is 39.4 Å². The number of hydrogen-bond acceptors (Lipinski definition) is 7. The number of hydrogen-bond donors (Lipinski definition) is 1. The number of halogens is 1. The zero-order valence-corrected chi connectivity index (χ0v) is 23.8. The molecule has 1 saturated carbocycles. The summed E-state index contributed by atoms with van der Waals surface area (Å²) in [5, 5.41) is 8.11. The van der Waals surface area contributed by atoms with E-state index in [9.17, 15) is 14.4 Å². The second-order valence-corrected chi connectivity index (χ2v) is 11.3. The van der Waals surface area contributed by atoms with Crippen LogP contribution in [0, 0.1) is 18.8 Å². The van der Waals surface area contributed by atoms with Crippen LogP contribution in [0.2, 0.25) is 0 Å². The predicted octanol–water partition coefficient (Wildman–Crippen LogP) is 4.43. The van der Waals surface area contributed by atoms with Gasteiger partial charge in [0.25, 0.3) is 0 Å². The van der Waals surface area contributed by atoms with E-state index in [0.717, 1.165) is 30.4 Å². The van der Waals surface area contributed by atoms with E-state index >= 15 is 0 Å². The lowest BCUT2D eigenvalue weighted by Crippen LogP contribution is -2.47. The molecule has 204 valence electrons. The quantitative estimate of drug-likeness (QED) is 0.256. The van der Waals surface area contributed by atoms with Gasteiger partial charge in [-0.1, -0.05) is 18.6 Å². The molecule has 1 aliphatic carbocycles. The van der Waals surface area contributed by atoms with Crippen LogP contribution < -0.4 is 5.32 Å². The van der Waals surface area contributed by atoms with Crippen molar-refractivity contribution in [1.29, 1.82) is 0 Å². The number of Topliss-reactive ketones (excluding diaryl/α,β-unsaturated/α-hetero) is 1. The van der Waals surface area contributed by atoms with Crippen molar-refractivity contribution in [2.75, 3.05) is 11.9 Å². The average molecular weight is 602 g/mol. The van der Waals surface area contributed by atoms with Crippen molar-refractivity contribution in [1.82, 2.24) is 29.6 Å². The van der Waals surface area contributed by atoms with Crippen molar-refractivity contribution in [2.45, 2.75) is 45.7 Å². The van der Waals surface area contributed by atoms with E-state index in [-0.39, 0.29) is 36.0 Å². The van der Waals surface area contributed by atoms with Gasteiger partial charge >= 0.3 is 0 Å². The molecule has 4 heterocycles. The van der Waals surface area contributed by atoms with E-state index < -0.39 is 6.04 Å². The largest absolute Gasteiger partial charge is 0.328 e. The van der Waals surface area contributed by atoms with Crippen molar-refractivity contribution >= 4 is 50.2 Å². The Morgan fingerprint density at radius 2 is 1.88 bits per heavy atom. The van der Waals surface area contributed by atoms with Crippen LogP contribution in [0.4, 0.5) is 5.82 Å². The molecule has 6 rings (SSSR count). The van der Waals surface area contributed by atoms with Crippen molar-refractivity contribution in [3.63, 3.8) is 0 Å². The number of carbonyl (C=O) groups excluding carboxylic acids is 3. The molecular formula is C29H28BrN7O3. The second-order valence-electron chi connectivity index (χ2n) is 10.5. The number of likely N-dealkylation sites (tertiary alicyclic amines) is 1. The summed E-state index contributed by atoms with van der Waals surface area (Å²) < 4.78 is 2.19. The molecule has 1 saturated heterocycles. The fourth-order valence-electron chi connectivity index (χ4n) is 6.08. The van der Waals surface area contributed by atoms with Gasteiger partial charge in [-0.25, -0.2) is 15.0 Å². The summed E-state index contributed by atoms with van der Waals surface area (Å²) in [6, 6.07) is 10.4. The molecule has 2 amide bonds. The van der Waals surface area contributed by atoms with Gasteiger partial charge in [0.1, 0.15) is 34.5 Å². The van der Waals surface area contributed by atoms with Gasteiger partial charge in [-0.2, -0.15) is 5.10 Å². The maximum Gasteiger partial charge on any atom is 0.248 e. The van der Waals surface area contributed by atoms with Crippen LogP contribution in [0.3, 0.4) is 0 Å². The molecule has 10 nitrogen and oxygen atoms in total. The normalized spacial score (nSPS) is 20.1. The van der Waals surface area contributed by atoms with Gasteiger partial charge in [0, 0.05) is 36.8 Å². The highest BCUT2D eigenvalue weighted by Crippen LogP contribution is 2.42. The molecule has 4 aromatic rings. The van der Waals surface area contributed by atoms with Crippen LogP contribution in [0.5, 0.6) is 0 Å². The Bertz CT molecular complexity index is 1630. The molecule has 11 heteroatoms. The fraction of sp³-hybridized carbons (Fsp3) is 0.345. The summed E-state index contributed by atoms with van der Waals surface area (Å²) in [5.74, 6) is 0.885. The van der Waals surface area contributed by atoms with E-state index in [1.807, 2.05) is 25.1 Å². The number of nitrogens with one attached hydrogen (secondary N) is 1. The minimum atomic E-state index is -0.581. The molecule has 1 aliphatic heterocycles. The highest BCUT2D eigenvalue weighted by molar-refractivity contribution is 9.10. The third kappa shape index (κ3) is 4.90. The first-order valence-electron chi connectivity index (χ1n) is 13.3. The van der Waals surface area contributed by atoms with E-state index in [1.165, 1.54) is 6.92 Å². The van der Waals surface area contributed by atoms with Crippen LogP contribution in [-0.2, 0) is 16.1 Å². The zero-order valence-electron chi connectivity index (χ0n) is 22.2. The Labute approximate surface area is 239 Å². The third-order valence-corrected chi connectivity index (χ3v) is 8.37. The summed E-state index contributed by atoms with van der Waals surface area (Å²) in [4.78, 5) is 54.3. The van der Waals surface area contributed by atoms with Gasteiger partial charge in [-0.3, -0.25) is 19.1 Å². The van der Waals surface area contributed by atoms with Gasteiger partial charge in [-0.05, 0) is 77.4 Å². The monoisotopic (exact) mass is 601 g/mol. The maximum absolute atomic E-state index is 13.8. The van der Waals surface area contributed by atoms with Crippen LogP contribution in [0.1, 0.15) is 42.5 Å². The van der Waals surface area contributed by atoms with E-state index in [4.69, 9.17) is 0 Å². The molecule has 2 aliphatic rings. The predicted molar refractivity (Wildman–Crippen MR) is 152 cm³/mol. The Morgan fingerprint density at radius 3 is 2.62 bits per heavy atom. The number of benzene rings is 1. The van der Waals surface area contributed by atoms with Gasteiger partial charge in [-0.15, -0.1) is 0 Å². The van der Waals surface area contributed by atoms with Crippen molar-refractivity contribution in [3.05, 3.63) is 64.9 Å². The SMILES string of the molecule is CC(=O)c1nn(CC(=O)N2C[C@H]3CCC[C@H]3[C@H]2C(=O)Nc2cccc(Br)n2)c2ccc(-c3cnc(C)nc3)cc12. The first-order chi connectivity index (χ1) is 19.3. The van der Waals surface area contributed by atoms with Crippen LogP contribution >= 0.6 is 15.9 Å². The van der Waals surface area contributed by atoms with Gasteiger partial charge < -0.3 is 10.2 Å².